The van der Waals surface area contributed by atoms with Gasteiger partial charge in [0, 0.05) is 24.0 Å². The van der Waals surface area contributed by atoms with Gasteiger partial charge in [0.1, 0.15) is 5.78 Å². The van der Waals surface area contributed by atoms with Crippen molar-refractivity contribution in [2.45, 2.75) is 92.2 Å². The molecule has 1 aromatic carbocycles. The van der Waals surface area contributed by atoms with E-state index in [4.69, 9.17) is 13.9 Å². The second-order valence-corrected chi connectivity index (χ2v) is 16.5. The molecular formula is C29H48O5Si. The molecule has 0 aliphatic carbocycles. The molecule has 0 amide bonds. The number of carbonyl (C=O) groups is 2. The van der Waals surface area contributed by atoms with Crippen molar-refractivity contribution in [2.75, 3.05) is 13.7 Å². The molecule has 0 fully saturated rings. The van der Waals surface area contributed by atoms with Crippen molar-refractivity contribution in [1.82, 2.24) is 0 Å². The topological polar surface area (TPSA) is 61.8 Å². The van der Waals surface area contributed by atoms with Gasteiger partial charge in [-0.1, -0.05) is 71.0 Å². The highest BCUT2D eigenvalue weighted by molar-refractivity contribution is 6.74. The summed E-state index contributed by atoms with van der Waals surface area (Å²) in [6, 6.07) is 10.2. The third-order valence-electron chi connectivity index (χ3n) is 7.24. The zero-order valence-corrected chi connectivity index (χ0v) is 24.6. The molecule has 198 valence electrons. The fourth-order valence-electron chi connectivity index (χ4n) is 3.83. The van der Waals surface area contributed by atoms with E-state index in [1.807, 2.05) is 39.0 Å². The van der Waals surface area contributed by atoms with Crippen molar-refractivity contribution >= 4 is 20.1 Å². The van der Waals surface area contributed by atoms with Crippen molar-refractivity contribution in [3.8, 4) is 0 Å². The number of benzene rings is 1. The molecule has 0 bridgehead atoms. The molecule has 0 aliphatic rings. The highest BCUT2D eigenvalue weighted by Gasteiger charge is 2.44. The van der Waals surface area contributed by atoms with E-state index >= 15 is 0 Å². The molecule has 6 heteroatoms. The van der Waals surface area contributed by atoms with Gasteiger partial charge in [0.15, 0.2) is 8.32 Å². The van der Waals surface area contributed by atoms with Gasteiger partial charge >= 0.3 is 5.97 Å². The average Bonchev–Trinajstić information content (AvgIpc) is 2.79. The van der Waals surface area contributed by atoms with Crippen LogP contribution in [0.3, 0.4) is 0 Å². The smallest absolute Gasteiger partial charge is 0.330 e. The van der Waals surface area contributed by atoms with E-state index in [0.717, 1.165) is 12.8 Å². The van der Waals surface area contributed by atoms with E-state index in [2.05, 4.69) is 52.9 Å². The van der Waals surface area contributed by atoms with Gasteiger partial charge in [-0.25, -0.2) is 4.79 Å². The molecule has 0 saturated carbocycles. The van der Waals surface area contributed by atoms with Gasteiger partial charge < -0.3 is 13.9 Å². The lowest BCUT2D eigenvalue weighted by atomic mass is 9.76. The van der Waals surface area contributed by atoms with Crippen molar-refractivity contribution < 1.29 is 23.5 Å². The predicted molar refractivity (Wildman–Crippen MR) is 146 cm³/mol. The third-order valence-corrected chi connectivity index (χ3v) is 11.7. The Morgan fingerprint density at radius 2 is 1.63 bits per heavy atom. The number of hydrogen-bond donors (Lipinski definition) is 0. The predicted octanol–water partition coefficient (Wildman–Crippen LogP) is 6.97. The van der Waals surface area contributed by atoms with Crippen LogP contribution in [0.4, 0.5) is 0 Å². The molecule has 0 unspecified atom stereocenters. The molecule has 1 rings (SSSR count). The second-order valence-electron chi connectivity index (χ2n) is 11.7. The SMILES string of the molecule is COC(=O)C=CC(C)(C)C(=O)[C@H](C)[C@@H](O[Si](C)(C)C(C)(C)C)[C@@H](C)CCCOCc1ccccc1. The highest BCUT2D eigenvalue weighted by atomic mass is 28.4. The van der Waals surface area contributed by atoms with Crippen LogP contribution in [0.2, 0.25) is 18.1 Å². The van der Waals surface area contributed by atoms with Gasteiger partial charge in [0.25, 0.3) is 0 Å². The summed E-state index contributed by atoms with van der Waals surface area (Å²) in [6.07, 6.45) is 4.58. The minimum atomic E-state index is -2.11. The number of methoxy groups -OCH3 is 1. The average molecular weight is 505 g/mol. The summed E-state index contributed by atoms with van der Waals surface area (Å²) in [6.45, 7) is 20.2. The Morgan fingerprint density at radius 1 is 1.03 bits per heavy atom. The van der Waals surface area contributed by atoms with Gasteiger partial charge in [-0.15, -0.1) is 0 Å². The first-order valence-corrected chi connectivity index (χ1v) is 15.6. The fraction of sp³-hybridized carbons (Fsp3) is 0.655. The number of ether oxygens (including phenoxy) is 2. The van der Waals surface area contributed by atoms with Crippen LogP contribution in [0.1, 0.15) is 66.9 Å². The summed E-state index contributed by atoms with van der Waals surface area (Å²) in [5.74, 6) is -0.532. The molecular weight excluding hydrogens is 456 g/mol. The van der Waals surface area contributed by atoms with E-state index < -0.39 is 19.7 Å². The molecule has 0 radical (unpaired) electrons. The van der Waals surface area contributed by atoms with Crippen LogP contribution in [0.5, 0.6) is 0 Å². The van der Waals surface area contributed by atoms with Crippen LogP contribution in [0.15, 0.2) is 42.5 Å². The van der Waals surface area contributed by atoms with Crippen molar-refractivity contribution in [1.29, 1.82) is 0 Å². The first-order chi connectivity index (χ1) is 16.1. The summed E-state index contributed by atoms with van der Waals surface area (Å²) < 4.78 is 17.5. The maximum absolute atomic E-state index is 13.6. The van der Waals surface area contributed by atoms with Crippen LogP contribution >= 0.6 is 0 Å². The van der Waals surface area contributed by atoms with Crippen molar-refractivity contribution in [2.24, 2.45) is 17.3 Å². The van der Waals surface area contributed by atoms with Gasteiger partial charge in [-0.2, -0.15) is 0 Å². The number of rotatable bonds is 14. The number of Topliss-reactive ketones (excluding diaryl/α,β-unsaturated/α-hetero) is 1. The Bertz CT molecular complexity index is 823. The minimum absolute atomic E-state index is 0.0346. The van der Waals surface area contributed by atoms with E-state index in [1.165, 1.54) is 18.7 Å². The summed E-state index contributed by atoms with van der Waals surface area (Å²) in [7, 11) is -0.783. The number of allylic oxidation sites excluding steroid dienone is 1. The molecule has 0 aliphatic heterocycles. The zero-order valence-electron chi connectivity index (χ0n) is 23.6. The van der Waals surface area contributed by atoms with E-state index in [-0.39, 0.29) is 28.8 Å². The quantitative estimate of drug-likeness (QED) is 0.118. The number of hydrogen-bond acceptors (Lipinski definition) is 5. The zero-order chi connectivity index (χ0) is 26.9. The summed E-state index contributed by atoms with van der Waals surface area (Å²) in [4.78, 5) is 25.2. The minimum Gasteiger partial charge on any atom is -0.466 e. The van der Waals surface area contributed by atoms with E-state index in [9.17, 15) is 9.59 Å². The fourth-order valence-corrected chi connectivity index (χ4v) is 5.30. The lowest BCUT2D eigenvalue weighted by Crippen LogP contribution is -2.49. The van der Waals surface area contributed by atoms with Gasteiger partial charge in [-0.3, -0.25) is 4.79 Å². The summed E-state index contributed by atoms with van der Waals surface area (Å²) in [5.41, 5.74) is 0.363. The molecule has 5 nitrogen and oxygen atoms in total. The molecule has 0 aromatic heterocycles. The van der Waals surface area contributed by atoms with Crippen LogP contribution < -0.4 is 0 Å². The normalized spacial score (nSPS) is 15.6. The molecule has 1 aromatic rings. The Kier molecular flexibility index (Phi) is 12.1. The van der Waals surface area contributed by atoms with Crippen molar-refractivity contribution in [3.05, 3.63) is 48.0 Å². The molecule has 0 spiro atoms. The van der Waals surface area contributed by atoms with E-state index in [0.29, 0.717) is 13.2 Å². The maximum Gasteiger partial charge on any atom is 0.330 e. The van der Waals surface area contributed by atoms with Gasteiger partial charge in [-0.05, 0) is 56.3 Å². The first kappa shape index (κ1) is 31.3. The van der Waals surface area contributed by atoms with Crippen LogP contribution in [0, 0.1) is 17.3 Å². The van der Waals surface area contributed by atoms with Crippen LogP contribution in [-0.2, 0) is 30.1 Å². The largest absolute Gasteiger partial charge is 0.466 e. The Labute approximate surface area is 214 Å². The molecule has 3 atom stereocenters. The van der Waals surface area contributed by atoms with E-state index in [1.54, 1.807) is 6.08 Å². The molecule has 0 heterocycles. The molecule has 0 saturated heterocycles. The Hall–Kier alpha value is -1.76. The number of ketones is 1. The van der Waals surface area contributed by atoms with Crippen LogP contribution in [0.25, 0.3) is 0 Å². The van der Waals surface area contributed by atoms with Gasteiger partial charge in [0.2, 0.25) is 0 Å². The molecule has 0 N–H and O–H groups in total. The maximum atomic E-state index is 13.6. The highest BCUT2D eigenvalue weighted by Crippen LogP contribution is 2.40. The standard InChI is InChI=1S/C29H48O5Si/c1-22(15-14-20-33-21-24-16-12-11-13-17-24)26(34-35(9,10)28(3,4)5)23(2)27(31)29(6,7)19-18-25(30)32-8/h11-13,16-19,22-23,26H,14-15,20-21H2,1-10H3/t22-,23+,26-/m0/s1. The Morgan fingerprint density at radius 3 is 2.17 bits per heavy atom. The van der Waals surface area contributed by atoms with Crippen molar-refractivity contribution in [3.63, 3.8) is 0 Å². The lowest BCUT2D eigenvalue weighted by Gasteiger charge is -2.43. The summed E-state index contributed by atoms with van der Waals surface area (Å²) in [5, 5.41) is 0.0346. The molecule has 35 heavy (non-hydrogen) atoms. The lowest BCUT2D eigenvalue weighted by molar-refractivity contribution is -0.134. The number of esters is 1. The monoisotopic (exact) mass is 504 g/mol. The second kappa shape index (κ2) is 13.5. The first-order valence-electron chi connectivity index (χ1n) is 12.7. The Balaban J connectivity index is 2.93. The third kappa shape index (κ3) is 10.0. The number of carbonyl (C=O) groups excluding carboxylic acids is 2. The van der Waals surface area contributed by atoms with Gasteiger partial charge in [0.05, 0.1) is 19.8 Å². The van der Waals surface area contributed by atoms with Crippen LogP contribution in [-0.4, -0.2) is 39.9 Å². The summed E-state index contributed by atoms with van der Waals surface area (Å²) >= 11 is 0.